The predicted octanol–water partition coefficient (Wildman–Crippen LogP) is 2.96. The van der Waals surface area contributed by atoms with Gasteiger partial charge in [0.1, 0.15) is 0 Å². The fourth-order valence-electron chi connectivity index (χ4n) is 1.94. The lowest BCUT2D eigenvalue weighted by Crippen LogP contribution is -2.06. The largest absolute Gasteiger partial charge is 0.379 e. The molecule has 3 nitrogen and oxygen atoms in total. The highest BCUT2D eigenvalue weighted by molar-refractivity contribution is 5.52. The summed E-state index contributed by atoms with van der Waals surface area (Å²) in [7, 11) is 1.98. The Kier molecular flexibility index (Phi) is 3.18. The fraction of sp³-hybridized carbons (Fsp3) is 0.357. The van der Waals surface area contributed by atoms with Gasteiger partial charge in [0.2, 0.25) is 0 Å². The summed E-state index contributed by atoms with van der Waals surface area (Å²) in [5.41, 5.74) is 6.01. The highest BCUT2D eigenvalue weighted by atomic mass is 15.3. The Hall–Kier alpha value is -1.77. The Morgan fingerprint density at radius 3 is 2.59 bits per heavy atom. The number of anilines is 1. The first-order chi connectivity index (χ1) is 8.06. The summed E-state index contributed by atoms with van der Waals surface area (Å²) in [5.74, 6) is 0. The molecule has 0 atom stereocenters. The maximum Gasteiger partial charge on any atom is 0.0597 e. The van der Waals surface area contributed by atoms with E-state index >= 15 is 0 Å². The van der Waals surface area contributed by atoms with Gasteiger partial charge in [-0.1, -0.05) is 12.1 Å². The van der Waals surface area contributed by atoms with E-state index in [1.807, 2.05) is 18.7 Å². The number of aryl methyl sites for hydroxylation is 4. The van der Waals surface area contributed by atoms with Crippen molar-refractivity contribution in [3.8, 4) is 0 Å². The summed E-state index contributed by atoms with van der Waals surface area (Å²) < 4.78 is 1.92. The van der Waals surface area contributed by atoms with Crippen LogP contribution in [0.15, 0.2) is 24.3 Å². The second-order valence-electron chi connectivity index (χ2n) is 4.57. The first kappa shape index (κ1) is 11.7. The molecule has 3 heteroatoms. The number of hydrogen-bond donors (Lipinski definition) is 1. The van der Waals surface area contributed by atoms with Gasteiger partial charge in [-0.3, -0.25) is 4.68 Å². The number of aromatic nitrogens is 2. The molecule has 1 aromatic carbocycles. The number of hydrogen-bond acceptors (Lipinski definition) is 2. The number of rotatable bonds is 3. The molecule has 90 valence electrons. The molecule has 0 saturated carbocycles. The van der Waals surface area contributed by atoms with Crippen molar-refractivity contribution in [2.24, 2.45) is 7.05 Å². The Bertz CT molecular complexity index is 526. The van der Waals surface area contributed by atoms with Gasteiger partial charge in [0.15, 0.2) is 0 Å². The van der Waals surface area contributed by atoms with Gasteiger partial charge in [0.25, 0.3) is 0 Å². The summed E-state index contributed by atoms with van der Waals surface area (Å²) in [6, 6.07) is 8.57. The molecule has 2 aromatic rings. The van der Waals surface area contributed by atoms with Gasteiger partial charge in [-0.15, -0.1) is 0 Å². The topological polar surface area (TPSA) is 29.9 Å². The smallest absolute Gasteiger partial charge is 0.0597 e. The maximum atomic E-state index is 4.34. The van der Waals surface area contributed by atoms with Crippen LogP contribution in [-0.4, -0.2) is 9.78 Å². The monoisotopic (exact) mass is 229 g/mol. The second-order valence-corrected chi connectivity index (χ2v) is 4.57. The molecule has 0 radical (unpaired) electrons. The predicted molar refractivity (Wildman–Crippen MR) is 71.2 cm³/mol. The van der Waals surface area contributed by atoms with Crippen LogP contribution in [0.5, 0.6) is 0 Å². The van der Waals surface area contributed by atoms with Gasteiger partial charge in [0.05, 0.1) is 17.9 Å². The molecular formula is C14H19N3. The van der Waals surface area contributed by atoms with E-state index in [9.17, 15) is 0 Å². The molecule has 0 aliphatic carbocycles. The normalized spacial score (nSPS) is 10.6. The van der Waals surface area contributed by atoms with Crippen molar-refractivity contribution < 1.29 is 0 Å². The third-order valence-corrected chi connectivity index (χ3v) is 2.95. The lowest BCUT2D eigenvalue weighted by molar-refractivity contribution is 0.713. The standard InChI is InChI=1S/C14H19N3/c1-10-5-6-11(2)14(7-10)15-9-13-8-12(3)16-17(13)4/h5-8,15H,9H2,1-4H3. The van der Waals surface area contributed by atoms with Crippen molar-refractivity contribution in [2.45, 2.75) is 27.3 Å². The van der Waals surface area contributed by atoms with Crippen molar-refractivity contribution >= 4 is 5.69 Å². The average molecular weight is 229 g/mol. The van der Waals surface area contributed by atoms with Gasteiger partial charge in [-0.2, -0.15) is 5.10 Å². The molecule has 0 aliphatic heterocycles. The number of nitrogens with zero attached hydrogens (tertiary/aromatic N) is 2. The van der Waals surface area contributed by atoms with Crippen LogP contribution in [0.1, 0.15) is 22.5 Å². The molecule has 0 saturated heterocycles. The van der Waals surface area contributed by atoms with E-state index in [0.29, 0.717) is 0 Å². The SMILES string of the molecule is Cc1ccc(C)c(NCc2cc(C)nn2C)c1. The van der Waals surface area contributed by atoms with Crippen LogP contribution in [0.3, 0.4) is 0 Å². The summed E-state index contributed by atoms with van der Waals surface area (Å²) in [4.78, 5) is 0. The Morgan fingerprint density at radius 1 is 1.18 bits per heavy atom. The molecule has 0 fully saturated rings. The fourth-order valence-corrected chi connectivity index (χ4v) is 1.94. The molecule has 0 aliphatic rings. The molecule has 0 spiro atoms. The Balaban J connectivity index is 2.12. The maximum absolute atomic E-state index is 4.34. The highest BCUT2D eigenvalue weighted by Gasteiger charge is 2.03. The van der Waals surface area contributed by atoms with E-state index in [2.05, 4.69) is 48.5 Å². The van der Waals surface area contributed by atoms with Crippen molar-refractivity contribution in [1.82, 2.24) is 9.78 Å². The lowest BCUT2D eigenvalue weighted by Gasteiger charge is -2.10. The molecule has 1 N–H and O–H groups in total. The van der Waals surface area contributed by atoms with E-state index in [0.717, 1.165) is 12.2 Å². The number of nitrogens with one attached hydrogen (secondary N) is 1. The quantitative estimate of drug-likeness (QED) is 0.877. The van der Waals surface area contributed by atoms with Crippen LogP contribution in [-0.2, 0) is 13.6 Å². The zero-order valence-corrected chi connectivity index (χ0v) is 10.9. The minimum atomic E-state index is 0.807. The zero-order valence-electron chi connectivity index (χ0n) is 10.9. The van der Waals surface area contributed by atoms with Crippen LogP contribution >= 0.6 is 0 Å². The van der Waals surface area contributed by atoms with E-state index in [1.165, 1.54) is 22.5 Å². The summed E-state index contributed by atoms with van der Waals surface area (Å²) in [5, 5.41) is 7.80. The summed E-state index contributed by atoms with van der Waals surface area (Å²) in [6.45, 7) is 7.05. The zero-order chi connectivity index (χ0) is 12.4. The van der Waals surface area contributed by atoms with Crippen LogP contribution in [0.2, 0.25) is 0 Å². The van der Waals surface area contributed by atoms with E-state index in [-0.39, 0.29) is 0 Å². The van der Waals surface area contributed by atoms with Gasteiger partial charge in [0, 0.05) is 12.7 Å². The van der Waals surface area contributed by atoms with Gasteiger partial charge in [-0.25, -0.2) is 0 Å². The third kappa shape index (κ3) is 2.67. The molecular weight excluding hydrogens is 210 g/mol. The van der Waals surface area contributed by atoms with Crippen LogP contribution in [0.25, 0.3) is 0 Å². The van der Waals surface area contributed by atoms with E-state index in [1.54, 1.807) is 0 Å². The first-order valence-corrected chi connectivity index (χ1v) is 5.87. The number of benzene rings is 1. The molecule has 0 unspecified atom stereocenters. The molecule has 0 amide bonds. The minimum absolute atomic E-state index is 0.807. The van der Waals surface area contributed by atoms with Crippen LogP contribution in [0.4, 0.5) is 5.69 Å². The molecule has 0 bridgehead atoms. The lowest BCUT2D eigenvalue weighted by atomic mass is 10.1. The van der Waals surface area contributed by atoms with Crippen LogP contribution < -0.4 is 5.32 Å². The minimum Gasteiger partial charge on any atom is -0.379 e. The highest BCUT2D eigenvalue weighted by Crippen LogP contribution is 2.17. The average Bonchev–Trinajstić information content (AvgIpc) is 2.59. The Morgan fingerprint density at radius 2 is 1.94 bits per heavy atom. The van der Waals surface area contributed by atoms with E-state index < -0.39 is 0 Å². The van der Waals surface area contributed by atoms with Crippen molar-refractivity contribution in [1.29, 1.82) is 0 Å². The summed E-state index contributed by atoms with van der Waals surface area (Å²) in [6.07, 6.45) is 0. The van der Waals surface area contributed by atoms with Gasteiger partial charge >= 0.3 is 0 Å². The van der Waals surface area contributed by atoms with Crippen molar-refractivity contribution in [2.75, 3.05) is 5.32 Å². The van der Waals surface area contributed by atoms with Crippen molar-refractivity contribution in [3.63, 3.8) is 0 Å². The van der Waals surface area contributed by atoms with Gasteiger partial charge in [-0.05, 0) is 44.0 Å². The van der Waals surface area contributed by atoms with Crippen LogP contribution in [0, 0.1) is 20.8 Å². The molecule has 1 aromatic heterocycles. The molecule has 2 rings (SSSR count). The molecule has 1 heterocycles. The third-order valence-electron chi connectivity index (χ3n) is 2.95. The van der Waals surface area contributed by atoms with Crippen molar-refractivity contribution in [3.05, 3.63) is 46.8 Å². The molecule has 17 heavy (non-hydrogen) atoms. The second kappa shape index (κ2) is 4.62. The Labute approximate surface area is 102 Å². The first-order valence-electron chi connectivity index (χ1n) is 5.87. The van der Waals surface area contributed by atoms with E-state index in [4.69, 9.17) is 0 Å². The van der Waals surface area contributed by atoms with Gasteiger partial charge < -0.3 is 5.32 Å². The summed E-state index contributed by atoms with van der Waals surface area (Å²) >= 11 is 0.